The lowest BCUT2D eigenvalue weighted by molar-refractivity contribution is 0.0695. The summed E-state index contributed by atoms with van der Waals surface area (Å²) in [6, 6.07) is 1.89. The SMILES string of the molecule is Cc1cc(N2CCN(C)C(C)(C)C2)c(C(=O)O)c(C)n1. The van der Waals surface area contributed by atoms with Crippen LogP contribution in [-0.2, 0) is 0 Å². The average Bonchev–Trinajstić information content (AvgIpc) is 2.30. The number of pyridine rings is 1. The Morgan fingerprint density at radius 3 is 2.55 bits per heavy atom. The maximum Gasteiger partial charge on any atom is 0.339 e. The molecule has 1 aliphatic rings. The van der Waals surface area contributed by atoms with Crippen LogP contribution < -0.4 is 4.90 Å². The van der Waals surface area contributed by atoms with Crippen molar-refractivity contribution in [1.82, 2.24) is 9.88 Å². The van der Waals surface area contributed by atoms with Crippen LogP contribution in [0.15, 0.2) is 6.07 Å². The monoisotopic (exact) mass is 277 g/mol. The second-order valence-corrected chi connectivity index (χ2v) is 6.20. The quantitative estimate of drug-likeness (QED) is 0.895. The van der Waals surface area contributed by atoms with E-state index in [1.54, 1.807) is 6.92 Å². The van der Waals surface area contributed by atoms with Gasteiger partial charge in [-0.15, -0.1) is 0 Å². The summed E-state index contributed by atoms with van der Waals surface area (Å²) in [5, 5.41) is 9.47. The van der Waals surface area contributed by atoms with Crippen molar-refractivity contribution in [2.45, 2.75) is 33.2 Å². The van der Waals surface area contributed by atoms with E-state index in [1.807, 2.05) is 13.0 Å². The number of carboxylic acids is 1. The molecule has 2 rings (SSSR count). The molecule has 110 valence electrons. The molecule has 5 nitrogen and oxygen atoms in total. The number of piperazine rings is 1. The predicted molar refractivity (Wildman–Crippen MR) is 79.6 cm³/mol. The van der Waals surface area contributed by atoms with E-state index in [9.17, 15) is 9.90 Å². The van der Waals surface area contributed by atoms with Gasteiger partial charge in [-0.1, -0.05) is 0 Å². The molecule has 5 heteroatoms. The van der Waals surface area contributed by atoms with Crippen LogP contribution in [-0.4, -0.2) is 53.2 Å². The Labute approximate surface area is 120 Å². The van der Waals surface area contributed by atoms with Crippen molar-refractivity contribution in [2.24, 2.45) is 0 Å². The van der Waals surface area contributed by atoms with Crippen LogP contribution in [0.3, 0.4) is 0 Å². The number of aryl methyl sites for hydroxylation is 2. The zero-order valence-corrected chi connectivity index (χ0v) is 12.9. The number of hydrogen-bond donors (Lipinski definition) is 1. The fourth-order valence-corrected chi connectivity index (χ4v) is 2.77. The molecule has 1 aliphatic heterocycles. The minimum absolute atomic E-state index is 0.0269. The normalized spacial score (nSPS) is 19.1. The van der Waals surface area contributed by atoms with Gasteiger partial charge in [-0.05, 0) is 40.8 Å². The van der Waals surface area contributed by atoms with Crippen molar-refractivity contribution in [1.29, 1.82) is 0 Å². The van der Waals surface area contributed by atoms with Crippen molar-refractivity contribution in [3.8, 4) is 0 Å². The number of likely N-dealkylation sites (N-methyl/N-ethyl adjacent to an activating group) is 1. The second kappa shape index (κ2) is 5.05. The highest BCUT2D eigenvalue weighted by Crippen LogP contribution is 2.29. The van der Waals surface area contributed by atoms with E-state index in [-0.39, 0.29) is 5.54 Å². The number of nitrogens with zero attached hydrogens (tertiary/aromatic N) is 3. The van der Waals surface area contributed by atoms with E-state index in [1.165, 1.54) is 0 Å². The first-order valence-electron chi connectivity index (χ1n) is 6.90. The number of aromatic nitrogens is 1. The van der Waals surface area contributed by atoms with E-state index in [2.05, 4.69) is 35.7 Å². The standard InChI is InChI=1S/C15H23N3O2/c1-10-8-12(13(14(19)20)11(2)16-10)18-7-6-17(5)15(3,4)9-18/h8H,6-7,9H2,1-5H3,(H,19,20). The molecule has 1 aromatic rings. The third kappa shape index (κ3) is 2.63. The molecule has 0 amide bonds. The number of aromatic carboxylic acids is 1. The molecule has 0 atom stereocenters. The first-order valence-corrected chi connectivity index (χ1v) is 6.90. The molecule has 1 aromatic heterocycles. The third-order valence-corrected chi connectivity index (χ3v) is 4.18. The van der Waals surface area contributed by atoms with E-state index < -0.39 is 5.97 Å². The first kappa shape index (κ1) is 14.8. The van der Waals surface area contributed by atoms with Crippen LogP contribution in [0.5, 0.6) is 0 Å². The van der Waals surface area contributed by atoms with E-state index in [0.29, 0.717) is 11.3 Å². The minimum atomic E-state index is -0.901. The van der Waals surface area contributed by atoms with Gasteiger partial charge in [0.05, 0.1) is 11.4 Å². The zero-order chi connectivity index (χ0) is 15.1. The summed E-state index contributed by atoms with van der Waals surface area (Å²) in [5.74, 6) is -0.901. The number of anilines is 1. The van der Waals surface area contributed by atoms with Gasteiger partial charge < -0.3 is 10.0 Å². The minimum Gasteiger partial charge on any atom is -0.478 e. The van der Waals surface area contributed by atoms with Crippen LogP contribution in [0.4, 0.5) is 5.69 Å². The van der Waals surface area contributed by atoms with Crippen LogP contribution in [0.1, 0.15) is 35.6 Å². The van der Waals surface area contributed by atoms with E-state index >= 15 is 0 Å². The molecule has 0 bridgehead atoms. The Kier molecular flexibility index (Phi) is 3.73. The van der Waals surface area contributed by atoms with Crippen LogP contribution in [0, 0.1) is 13.8 Å². The molecule has 2 heterocycles. The van der Waals surface area contributed by atoms with Gasteiger partial charge in [-0.3, -0.25) is 9.88 Å². The van der Waals surface area contributed by atoms with Gasteiger partial charge in [-0.25, -0.2) is 4.79 Å². The highest BCUT2D eigenvalue weighted by atomic mass is 16.4. The molecule has 1 saturated heterocycles. The largest absolute Gasteiger partial charge is 0.478 e. The van der Waals surface area contributed by atoms with Gasteiger partial charge in [0.2, 0.25) is 0 Å². The van der Waals surface area contributed by atoms with Crippen LogP contribution in [0.2, 0.25) is 0 Å². The lowest BCUT2D eigenvalue weighted by Gasteiger charge is -2.46. The van der Waals surface area contributed by atoms with Gasteiger partial charge in [0.25, 0.3) is 0 Å². The number of carbonyl (C=O) groups is 1. The highest BCUT2D eigenvalue weighted by molar-refractivity contribution is 5.95. The Morgan fingerprint density at radius 2 is 2.00 bits per heavy atom. The number of hydrogen-bond acceptors (Lipinski definition) is 4. The summed E-state index contributed by atoms with van der Waals surface area (Å²) >= 11 is 0. The summed E-state index contributed by atoms with van der Waals surface area (Å²) < 4.78 is 0. The highest BCUT2D eigenvalue weighted by Gasteiger charge is 2.33. The summed E-state index contributed by atoms with van der Waals surface area (Å²) in [4.78, 5) is 20.3. The summed E-state index contributed by atoms with van der Waals surface area (Å²) in [7, 11) is 2.11. The molecule has 0 aliphatic carbocycles. The zero-order valence-electron chi connectivity index (χ0n) is 12.9. The Hall–Kier alpha value is -1.62. The summed E-state index contributed by atoms with van der Waals surface area (Å²) in [6.45, 7) is 10.6. The van der Waals surface area contributed by atoms with Crippen molar-refractivity contribution in [3.05, 3.63) is 23.0 Å². The molecular formula is C15H23N3O2. The van der Waals surface area contributed by atoms with Crippen molar-refractivity contribution >= 4 is 11.7 Å². The molecule has 0 radical (unpaired) electrons. The van der Waals surface area contributed by atoms with Crippen molar-refractivity contribution < 1.29 is 9.90 Å². The Balaban J connectivity index is 2.45. The average molecular weight is 277 g/mol. The molecule has 0 spiro atoms. The molecule has 0 aromatic carbocycles. The number of rotatable bonds is 2. The fourth-order valence-electron chi connectivity index (χ4n) is 2.77. The molecule has 1 N–H and O–H groups in total. The predicted octanol–water partition coefficient (Wildman–Crippen LogP) is 1.93. The van der Waals surface area contributed by atoms with Crippen LogP contribution in [0.25, 0.3) is 0 Å². The lowest BCUT2D eigenvalue weighted by atomic mass is 9.98. The smallest absolute Gasteiger partial charge is 0.339 e. The topological polar surface area (TPSA) is 56.7 Å². The molecule has 0 unspecified atom stereocenters. The van der Waals surface area contributed by atoms with Gasteiger partial charge in [0, 0.05) is 30.9 Å². The van der Waals surface area contributed by atoms with E-state index in [4.69, 9.17) is 0 Å². The van der Waals surface area contributed by atoms with E-state index in [0.717, 1.165) is 31.0 Å². The first-order chi connectivity index (χ1) is 9.22. The van der Waals surface area contributed by atoms with Crippen LogP contribution >= 0.6 is 0 Å². The third-order valence-electron chi connectivity index (χ3n) is 4.18. The maximum atomic E-state index is 11.5. The van der Waals surface area contributed by atoms with Gasteiger partial charge in [0.15, 0.2) is 0 Å². The molecule has 1 fully saturated rings. The lowest BCUT2D eigenvalue weighted by Crippen LogP contribution is -2.58. The van der Waals surface area contributed by atoms with Crippen molar-refractivity contribution in [2.75, 3.05) is 31.6 Å². The number of carboxylic acid groups (broad SMARTS) is 1. The second-order valence-electron chi connectivity index (χ2n) is 6.20. The molecule has 0 saturated carbocycles. The summed E-state index contributed by atoms with van der Waals surface area (Å²) in [5.41, 5.74) is 2.60. The Bertz CT molecular complexity index is 540. The molecular weight excluding hydrogens is 254 g/mol. The summed E-state index contributed by atoms with van der Waals surface area (Å²) in [6.07, 6.45) is 0. The fraction of sp³-hybridized carbons (Fsp3) is 0.600. The Morgan fingerprint density at radius 1 is 1.35 bits per heavy atom. The molecule has 20 heavy (non-hydrogen) atoms. The maximum absolute atomic E-state index is 11.5. The van der Waals surface area contributed by atoms with Gasteiger partial charge in [-0.2, -0.15) is 0 Å². The van der Waals surface area contributed by atoms with Gasteiger partial charge >= 0.3 is 5.97 Å². The van der Waals surface area contributed by atoms with Crippen molar-refractivity contribution in [3.63, 3.8) is 0 Å². The van der Waals surface area contributed by atoms with Gasteiger partial charge in [0.1, 0.15) is 5.56 Å².